The molecule has 0 bridgehead atoms. The quantitative estimate of drug-likeness (QED) is 0.633. The van der Waals surface area contributed by atoms with E-state index >= 15 is 0 Å². The lowest BCUT2D eigenvalue weighted by molar-refractivity contribution is -0.193. The van der Waals surface area contributed by atoms with Gasteiger partial charge in [0, 0.05) is 51.7 Å². The summed E-state index contributed by atoms with van der Waals surface area (Å²) in [6.07, 6.45) is -3.33. The molecular weight excluding hydrogens is 460 g/mol. The smallest absolute Gasteiger partial charge is 0.475 e. The Kier molecular flexibility index (Phi) is 9.06. The number of fused-ring (bicyclic) bond motifs is 1. The van der Waals surface area contributed by atoms with E-state index in [4.69, 9.17) is 19.8 Å². The molecule has 2 atom stereocenters. The lowest BCUT2D eigenvalue weighted by Crippen LogP contribution is -2.29. The van der Waals surface area contributed by atoms with Crippen LogP contribution in [0.3, 0.4) is 0 Å². The number of pyridine rings is 1. The molecule has 2 N–H and O–H groups in total. The molecule has 3 heterocycles. The first-order valence-corrected chi connectivity index (χ1v) is 10.2. The lowest BCUT2D eigenvalue weighted by atomic mass is 10.0. The fraction of sp³-hybridized carbons (Fsp3) is 0.650. The third-order valence-electron chi connectivity index (χ3n) is 5.46. The van der Waals surface area contributed by atoms with Gasteiger partial charge in [0.25, 0.3) is 0 Å². The number of carbonyl (C=O) groups is 2. The molecule has 3 aliphatic rings. The number of carboxylic acids is 2. The van der Waals surface area contributed by atoms with Crippen LogP contribution in [0.5, 0.6) is 0 Å². The van der Waals surface area contributed by atoms with Gasteiger partial charge in [-0.3, -0.25) is 9.88 Å². The highest BCUT2D eigenvalue weighted by molar-refractivity contribution is 5.73. The average molecular weight is 485 g/mol. The van der Waals surface area contributed by atoms with E-state index in [1.54, 1.807) is 0 Å². The number of rotatable bonds is 4. The van der Waals surface area contributed by atoms with E-state index < -0.39 is 24.3 Å². The van der Waals surface area contributed by atoms with Crippen molar-refractivity contribution in [3.63, 3.8) is 0 Å². The van der Waals surface area contributed by atoms with Gasteiger partial charge in [-0.05, 0) is 42.2 Å². The molecule has 13 heteroatoms. The van der Waals surface area contributed by atoms with Crippen LogP contribution in [-0.2, 0) is 16.1 Å². The van der Waals surface area contributed by atoms with Gasteiger partial charge >= 0.3 is 24.3 Å². The van der Waals surface area contributed by atoms with Crippen LogP contribution in [0, 0.1) is 17.8 Å². The fourth-order valence-corrected chi connectivity index (χ4v) is 3.88. The summed E-state index contributed by atoms with van der Waals surface area (Å²) in [5.74, 6) is -2.61. The fourth-order valence-electron chi connectivity index (χ4n) is 3.88. The number of hydrogen-bond donors (Lipinski definition) is 2. The van der Waals surface area contributed by atoms with Crippen LogP contribution in [0.4, 0.5) is 26.3 Å². The van der Waals surface area contributed by atoms with Gasteiger partial charge in [0.15, 0.2) is 0 Å². The lowest BCUT2D eigenvalue weighted by Gasteiger charge is -2.21. The van der Waals surface area contributed by atoms with Crippen LogP contribution in [0.1, 0.15) is 18.4 Å². The van der Waals surface area contributed by atoms with Crippen molar-refractivity contribution in [2.24, 2.45) is 17.8 Å². The minimum absolute atomic E-state index is 0.926. The number of aromatic nitrogens is 1. The van der Waals surface area contributed by atoms with E-state index in [1.807, 2.05) is 18.5 Å². The zero-order chi connectivity index (χ0) is 24.8. The van der Waals surface area contributed by atoms with E-state index in [2.05, 4.69) is 20.9 Å². The first kappa shape index (κ1) is 26.8. The Hall–Kier alpha value is -2.41. The second-order valence-electron chi connectivity index (χ2n) is 8.34. The summed E-state index contributed by atoms with van der Waals surface area (Å²) < 4.78 is 63.5. The number of aliphatic carboxylic acids is 2. The van der Waals surface area contributed by atoms with Gasteiger partial charge in [-0.1, -0.05) is 6.07 Å². The molecule has 0 unspecified atom stereocenters. The summed E-state index contributed by atoms with van der Waals surface area (Å²) in [6.45, 7) is 7.76. The molecule has 2 aliphatic heterocycles. The number of nitrogens with zero attached hydrogens (tertiary/aromatic N) is 3. The van der Waals surface area contributed by atoms with Gasteiger partial charge in [0.05, 0.1) is 0 Å². The van der Waals surface area contributed by atoms with E-state index in [0.29, 0.717) is 0 Å². The van der Waals surface area contributed by atoms with Gasteiger partial charge < -0.3 is 15.1 Å². The molecule has 2 saturated heterocycles. The zero-order valence-electron chi connectivity index (χ0n) is 17.5. The van der Waals surface area contributed by atoms with Crippen molar-refractivity contribution in [2.45, 2.75) is 31.7 Å². The highest BCUT2D eigenvalue weighted by atomic mass is 19.4. The van der Waals surface area contributed by atoms with E-state index in [1.165, 1.54) is 51.1 Å². The molecule has 0 spiro atoms. The molecule has 1 aromatic rings. The largest absolute Gasteiger partial charge is 0.490 e. The maximum Gasteiger partial charge on any atom is 0.490 e. The second kappa shape index (κ2) is 11.1. The van der Waals surface area contributed by atoms with Crippen molar-refractivity contribution in [3.8, 4) is 0 Å². The normalized spacial score (nSPS) is 23.1. The summed E-state index contributed by atoms with van der Waals surface area (Å²) in [5.41, 5.74) is 1.36. The first-order valence-electron chi connectivity index (χ1n) is 10.2. The maximum absolute atomic E-state index is 10.6. The van der Waals surface area contributed by atoms with E-state index in [0.717, 1.165) is 24.3 Å². The molecule has 1 aliphatic carbocycles. The van der Waals surface area contributed by atoms with Gasteiger partial charge in [-0.15, -0.1) is 0 Å². The van der Waals surface area contributed by atoms with Crippen molar-refractivity contribution >= 4 is 11.9 Å². The van der Waals surface area contributed by atoms with Crippen LogP contribution in [0.15, 0.2) is 24.5 Å². The minimum atomic E-state index is -5.08. The average Bonchev–Trinajstić information content (AvgIpc) is 3.31. The van der Waals surface area contributed by atoms with Crippen molar-refractivity contribution in [2.75, 3.05) is 32.7 Å². The SMILES string of the molecule is O=C(O)C(F)(F)F.O=C(O)C(F)(F)F.c1cncc(CN2C[C@@H]3CN(CC4CC4)C[C@@H]3C2)c1. The van der Waals surface area contributed by atoms with Crippen molar-refractivity contribution in [3.05, 3.63) is 30.1 Å². The van der Waals surface area contributed by atoms with Crippen LogP contribution >= 0.6 is 0 Å². The number of carboxylic acid groups (broad SMARTS) is 2. The monoisotopic (exact) mass is 485 g/mol. The summed E-state index contributed by atoms with van der Waals surface area (Å²) in [5, 5.41) is 14.2. The molecule has 1 saturated carbocycles. The highest BCUT2D eigenvalue weighted by Gasteiger charge is 2.41. The van der Waals surface area contributed by atoms with E-state index in [-0.39, 0.29) is 0 Å². The Morgan fingerprint density at radius 1 is 0.909 bits per heavy atom. The van der Waals surface area contributed by atoms with Gasteiger partial charge in [0.2, 0.25) is 0 Å². The molecular formula is C20H25F6N3O4. The predicted molar refractivity (Wildman–Crippen MR) is 103 cm³/mol. The molecule has 7 nitrogen and oxygen atoms in total. The molecule has 33 heavy (non-hydrogen) atoms. The number of halogens is 6. The van der Waals surface area contributed by atoms with Gasteiger partial charge in [-0.2, -0.15) is 26.3 Å². The molecule has 1 aromatic heterocycles. The zero-order valence-corrected chi connectivity index (χ0v) is 17.5. The molecule has 0 aromatic carbocycles. The van der Waals surface area contributed by atoms with Crippen LogP contribution in [0.25, 0.3) is 0 Å². The molecule has 4 rings (SSSR count). The first-order chi connectivity index (χ1) is 15.3. The summed E-state index contributed by atoms with van der Waals surface area (Å²) in [7, 11) is 0. The van der Waals surface area contributed by atoms with E-state index in [9.17, 15) is 26.3 Å². The predicted octanol–water partition coefficient (Wildman–Crippen LogP) is 3.12. The van der Waals surface area contributed by atoms with Crippen LogP contribution in [-0.4, -0.2) is 82.0 Å². The summed E-state index contributed by atoms with van der Waals surface area (Å²) >= 11 is 0. The number of hydrogen-bond acceptors (Lipinski definition) is 5. The number of likely N-dealkylation sites (tertiary alicyclic amines) is 2. The van der Waals surface area contributed by atoms with Crippen LogP contribution in [0.2, 0.25) is 0 Å². The minimum Gasteiger partial charge on any atom is -0.475 e. The molecule has 0 amide bonds. The Bertz CT molecular complexity index is 748. The Morgan fingerprint density at radius 2 is 1.36 bits per heavy atom. The van der Waals surface area contributed by atoms with Gasteiger partial charge in [0.1, 0.15) is 0 Å². The highest BCUT2D eigenvalue weighted by Crippen LogP contribution is 2.36. The Labute approximate surface area is 186 Å². The Morgan fingerprint density at radius 3 is 1.73 bits per heavy atom. The molecule has 186 valence electrons. The summed E-state index contributed by atoms with van der Waals surface area (Å²) in [4.78, 5) is 27.4. The summed E-state index contributed by atoms with van der Waals surface area (Å²) in [6, 6.07) is 4.24. The Balaban J connectivity index is 0.000000230. The molecule has 3 fully saturated rings. The maximum atomic E-state index is 10.6. The topological polar surface area (TPSA) is 94.0 Å². The second-order valence-corrected chi connectivity index (χ2v) is 8.34. The van der Waals surface area contributed by atoms with Crippen molar-refractivity contribution in [1.29, 1.82) is 0 Å². The number of alkyl halides is 6. The third kappa shape index (κ3) is 9.54. The van der Waals surface area contributed by atoms with Crippen molar-refractivity contribution in [1.82, 2.24) is 14.8 Å². The van der Waals surface area contributed by atoms with Gasteiger partial charge in [-0.25, -0.2) is 9.59 Å². The third-order valence-corrected chi connectivity index (χ3v) is 5.46. The standard InChI is InChI=1S/C16H23N3.2C2HF3O2/c1-2-14(6-17-5-1)8-19-11-15-9-18(7-13-3-4-13)10-16(15)12-19;2*3-2(4,5)1(6)7/h1-2,5-6,13,15-16H,3-4,7-12H2;2*(H,6,7)/t15-,16+;;. The molecule has 0 radical (unpaired) electrons. The van der Waals surface area contributed by atoms with Crippen LogP contribution < -0.4 is 0 Å². The van der Waals surface area contributed by atoms with Crippen molar-refractivity contribution < 1.29 is 46.1 Å².